The zero-order chi connectivity index (χ0) is 22.8. The van der Waals surface area contributed by atoms with E-state index in [4.69, 9.17) is 9.47 Å². The molecule has 6 nitrogen and oxygen atoms in total. The molecule has 1 N–H and O–H groups in total. The van der Waals surface area contributed by atoms with E-state index in [1.807, 2.05) is 63.2 Å². The Morgan fingerprint density at radius 3 is 2.50 bits per heavy atom. The summed E-state index contributed by atoms with van der Waals surface area (Å²) >= 11 is 0. The van der Waals surface area contributed by atoms with E-state index < -0.39 is 11.9 Å². The third kappa shape index (κ3) is 4.17. The molecule has 166 valence electrons. The fraction of sp³-hybridized carbons (Fsp3) is 0.346. The van der Waals surface area contributed by atoms with E-state index in [2.05, 4.69) is 10.3 Å². The topological polar surface area (TPSA) is 77.5 Å². The monoisotopic (exact) mass is 432 g/mol. The second-order valence-corrected chi connectivity index (χ2v) is 8.50. The van der Waals surface area contributed by atoms with Crippen molar-refractivity contribution in [3.8, 4) is 5.75 Å². The Labute approximate surface area is 188 Å². The van der Waals surface area contributed by atoms with Gasteiger partial charge in [-0.1, -0.05) is 18.2 Å². The summed E-state index contributed by atoms with van der Waals surface area (Å²) in [6, 6.07) is 13.4. The molecule has 0 spiro atoms. The zero-order valence-electron chi connectivity index (χ0n) is 18.8. The van der Waals surface area contributed by atoms with Crippen molar-refractivity contribution < 1.29 is 19.1 Å². The van der Waals surface area contributed by atoms with Gasteiger partial charge in [-0.05, 0) is 62.9 Å². The summed E-state index contributed by atoms with van der Waals surface area (Å²) in [6.07, 6.45) is 2.48. The van der Waals surface area contributed by atoms with E-state index in [9.17, 15) is 9.59 Å². The van der Waals surface area contributed by atoms with Gasteiger partial charge in [0, 0.05) is 29.6 Å². The Bertz CT molecular complexity index is 1080. The maximum atomic E-state index is 13.5. The molecule has 1 aliphatic heterocycles. The minimum atomic E-state index is -0.539. The van der Waals surface area contributed by atoms with E-state index >= 15 is 0 Å². The van der Waals surface area contributed by atoms with Crippen molar-refractivity contribution in [2.24, 2.45) is 0 Å². The molecule has 0 bridgehead atoms. The molecule has 0 amide bonds. The van der Waals surface area contributed by atoms with Crippen LogP contribution in [0.4, 0.5) is 0 Å². The fourth-order valence-electron chi connectivity index (χ4n) is 4.54. The number of aromatic nitrogens is 1. The van der Waals surface area contributed by atoms with Gasteiger partial charge in [-0.2, -0.15) is 0 Å². The third-order valence-corrected chi connectivity index (χ3v) is 5.96. The van der Waals surface area contributed by atoms with Gasteiger partial charge in [0.1, 0.15) is 5.75 Å². The van der Waals surface area contributed by atoms with Gasteiger partial charge in [0.15, 0.2) is 5.78 Å². The average molecular weight is 433 g/mol. The number of benzene rings is 1. The van der Waals surface area contributed by atoms with Crippen LogP contribution < -0.4 is 10.1 Å². The predicted molar refractivity (Wildman–Crippen MR) is 121 cm³/mol. The molecule has 2 atom stereocenters. The molecule has 0 fully saturated rings. The number of ketones is 1. The highest BCUT2D eigenvalue weighted by Gasteiger charge is 2.42. The van der Waals surface area contributed by atoms with Crippen molar-refractivity contribution in [3.05, 3.63) is 82.5 Å². The molecule has 1 aliphatic carbocycles. The van der Waals surface area contributed by atoms with Crippen molar-refractivity contribution in [1.82, 2.24) is 10.3 Å². The molecule has 6 heteroatoms. The van der Waals surface area contributed by atoms with Gasteiger partial charge in [-0.15, -0.1) is 0 Å². The second kappa shape index (κ2) is 8.99. The molecule has 0 radical (unpaired) electrons. The number of ether oxygens (including phenoxy) is 2. The summed E-state index contributed by atoms with van der Waals surface area (Å²) in [6.45, 7) is 5.49. The van der Waals surface area contributed by atoms with E-state index in [0.29, 0.717) is 35.4 Å². The van der Waals surface area contributed by atoms with Crippen LogP contribution in [0.1, 0.15) is 56.7 Å². The second-order valence-electron chi connectivity index (χ2n) is 8.50. The van der Waals surface area contributed by atoms with Gasteiger partial charge in [0.05, 0.1) is 30.4 Å². The molecule has 2 unspecified atom stereocenters. The van der Waals surface area contributed by atoms with Crippen molar-refractivity contribution in [2.45, 2.75) is 51.6 Å². The number of allylic oxidation sites excluding steroid dienone is 3. The Hall–Kier alpha value is -3.41. The van der Waals surface area contributed by atoms with Crippen molar-refractivity contribution in [3.63, 3.8) is 0 Å². The number of carbonyl (C=O) groups excluding carboxylic acids is 2. The summed E-state index contributed by atoms with van der Waals surface area (Å²) in [5.41, 5.74) is 4.40. The molecule has 1 aromatic carbocycles. The number of pyridine rings is 1. The molecule has 2 aliphatic rings. The van der Waals surface area contributed by atoms with Crippen LogP contribution in [0.3, 0.4) is 0 Å². The van der Waals surface area contributed by atoms with Crippen LogP contribution in [-0.2, 0) is 14.3 Å². The minimum Gasteiger partial charge on any atom is -0.497 e. The summed E-state index contributed by atoms with van der Waals surface area (Å²) in [5, 5.41) is 3.36. The molecule has 32 heavy (non-hydrogen) atoms. The first kappa shape index (κ1) is 21.8. The highest BCUT2D eigenvalue weighted by molar-refractivity contribution is 6.04. The number of dihydropyridines is 1. The highest BCUT2D eigenvalue weighted by Crippen LogP contribution is 2.45. The zero-order valence-corrected chi connectivity index (χ0v) is 18.8. The van der Waals surface area contributed by atoms with Crippen LogP contribution in [0.2, 0.25) is 0 Å². The normalized spacial score (nSPS) is 20.7. The fourth-order valence-corrected chi connectivity index (χ4v) is 4.54. The minimum absolute atomic E-state index is 0.0255. The SMILES string of the molecule is COc1ccc(C2CC(=O)C3=C(C2)NC(C)=C(C(=O)OC(C)C)C3c2ccccn2)cc1. The predicted octanol–water partition coefficient (Wildman–Crippen LogP) is 4.40. The van der Waals surface area contributed by atoms with E-state index in [-0.39, 0.29) is 17.8 Å². The molecule has 2 heterocycles. The highest BCUT2D eigenvalue weighted by atomic mass is 16.5. The van der Waals surface area contributed by atoms with Gasteiger partial charge in [-0.25, -0.2) is 4.79 Å². The van der Waals surface area contributed by atoms with Gasteiger partial charge < -0.3 is 14.8 Å². The van der Waals surface area contributed by atoms with Crippen molar-refractivity contribution in [2.75, 3.05) is 7.11 Å². The van der Waals surface area contributed by atoms with E-state index in [1.54, 1.807) is 13.3 Å². The van der Waals surface area contributed by atoms with E-state index in [1.165, 1.54) is 0 Å². The van der Waals surface area contributed by atoms with Gasteiger partial charge in [-0.3, -0.25) is 9.78 Å². The smallest absolute Gasteiger partial charge is 0.337 e. The number of rotatable bonds is 5. The van der Waals surface area contributed by atoms with Crippen LogP contribution in [0.15, 0.2) is 71.2 Å². The number of nitrogens with zero attached hydrogens (tertiary/aromatic N) is 1. The lowest BCUT2D eigenvalue weighted by atomic mass is 9.73. The molecule has 4 rings (SSSR count). The first-order chi connectivity index (χ1) is 15.4. The molecule has 1 aromatic heterocycles. The van der Waals surface area contributed by atoms with Crippen molar-refractivity contribution >= 4 is 11.8 Å². The Morgan fingerprint density at radius 1 is 1.12 bits per heavy atom. The summed E-state index contributed by atoms with van der Waals surface area (Å²) < 4.78 is 10.8. The number of nitrogens with one attached hydrogen (secondary N) is 1. The Morgan fingerprint density at radius 2 is 1.88 bits per heavy atom. The first-order valence-corrected chi connectivity index (χ1v) is 10.9. The van der Waals surface area contributed by atoms with Crippen LogP contribution in [-0.4, -0.2) is 30.0 Å². The number of Topliss-reactive ketones (excluding diaryl/α,β-unsaturated/α-hetero) is 1. The standard InChI is InChI=1S/C26H28N2O4/c1-15(2)32-26(30)23-16(3)28-21-13-18(17-8-10-19(31-4)11-9-17)14-22(29)24(21)25(23)20-7-5-6-12-27-20/h5-12,15,18,25,28H,13-14H2,1-4H3. The summed E-state index contributed by atoms with van der Waals surface area (Å²) in [7, 11) is 1.64. The van der Waals surface area contributed by atoms with Gasteiger partial charge in [0.2, 0.25) is 0 Å². The van der Waals surface area contributed by atoms with Crippen LogP contribution in [0, 0.1) is 0 Å². The first-order valence-electron chi connectivity index (χ1n) is 10.9. The van der Waals surface area contributed by atoms with Crippen LogP contribution in [0.25, 0.3) is 0 Å². The van der Waals surface area contributed by atoms with Crippen LogP contribution >= 0.6 is 0 Å². The van der Waals surface area contributed by atoms with Gasteiger partial charge in [0.25, 0.3) is 0 Å². The molecule has 0 saturated heterocycles. The maximum Gasteiger partial charge on any atom is 0.337 e. The summed E-state index contributed by atoms with van der Waals surface area (Å²) in [4.78, 5) is 31.0. The average Bonchev–Trinajstić information content (AvgIpc) is 2.78. The largest absolute Gasteiger partial charge is 0.497 e. The molecular formula is C26H28N2O4. The molecular weight excluding hydrogens is 404 g/mol. The lowest BCUT2D eigenvalue weighted by molar-refractivity contribution is -0.143. The lowest BCUT2D eigenvalue weighted by Gasteiger charge is -2.36. The third-order valence-electron chi connectivity index (χ3n) is 5.96. The van der Waals surface area contributed by atoms with E-state index in [0.717, 1.165) is 17.0 Å². The number of hydrogen-bond acceptors (Lipinski definition) is 6. The Kier molecular flexibility index (Phi) is 6.12. The molecule has 2 aromatic rings. The quantitative estimate of drug-likeness (QED) is 0.706. The maximum absolute atomic E-state index is 13.5. The Balaban J connectivity index is 1.74. The van der Waals surface area contributed by atoms with Gasteiger partial charge >= 0.3 is 5.97 Å². The number of methoxy groups -OCH3 is 1. The number of esters is 1. The number of carbonyl (C=O) groups is 2. The van der Waals surface area contributed by atoms with Crippen LogP contribution in [0.5, 0.6) is 5.75 Å². The summed E-state index contributed by atoms with van der Waals surface area (Å²) in [5.74, 6) is -0.0900. The molecule has 0 saturated carbocycles. The lowest BCUT2D eigenvalue weighted by Crippen LogP contribution is -2.36. The van der Waals surface area contributed by atoms with Crippen molar-refractivity contribution in [1.29, 1.82) is 0 Å². The number of hydrogen-bond donors (Lipinski definition) is 1.